The zero-order valence-electron chi connectivity index (χ0n) is 13.7. The van der Waals surface area contributed by atoms with Gasteiger partial charge < -0.3 is 5.32 Å². The Kier molecular flexibility index (Phi) is 5.51. The molecule has 0 heterocycles. The second-order valence-electron chi connectivity index (χ2n) is 5.59. The van der Waals surface area contributed by atoms with E-state index in [0.29, 0.717) is 16.4 Å². The van der Waals surface area contributed by atoms with Gasteiger partial charge in [-0.2, -0.15) is 0 Å². The smallest absolute Gasteiger partial charge is 0.245 e. The minimum Gasteiger partial charge on any atom is -0.325 e. The Labute approximate surface area is 147 Å². The van der Waals surface area contributed by atoms with Crippen molar-refractivity contribution in [3.63, 3.8) is 0 Å². The molecule has 0 radical (unpaired) electrons. The highest BCUT2D eigenvalue weighted by Gasteiger charge is 2.20. The van der Waals surface area contributed by atoms with Gasteiger partial charge in [0.2, 0.25) is 15.9 Å². The van der Waals surface area contributed by atoms with Gasteiger partial charge in [-0.3, -0.25) is 9.10 Å². The van der Waals surface area contributed by atoms with E-state index in [0.717, 1.165) is 21.7 Å². The minimum atomic E-state index is -3.60. The molecule has 0 spiro atoms. The maximum Gasteiger partial charge on any atom is 0.245 e. The van der Waals surface area contributed by atoms with Crippen LogP contribution in [0.25, 0.3) is 0 Å². The van der Waals surface area contributed by atoms with E-state index < -0.39 is 15.9 Å². The third-order valence-electron chi connectivity index (χ3n) is 3.59. The molecule has 0 aromatic heterocycles. The number of nitrogens with one attached hydrogen (secondary N) is 1. The number of carbonyl (C=O) groups is 1. The highest BCUT2D eigenvalue weighted by molar-refractivity contribution is 7.92. The Morgan fingerprint density at radius 2 is 1.71 bits per heavy atom. The first-order valence-electron chi connectivity index (χ1n) is 7.27. The predicted octanol–water partition coefficient (Wildman–Crippen LogP) is 3.36. The van der Waals surface area contributed by atoms with Gasteiger partial charge in [0, 0.05) is 10.7 Å². The van der Waals surface area contributed by atoms with Gasteiger partial charge >= 0.3 is 0 Å². The fourth-order valence-electron chi connectivity index (χ4n) is 2.16. The van der Waals surface area contributed by atoms with Crippen molar-refractivity contribution in [3.05, 3.63) is 58.6 Å². The average Bonchev–Trinajstić information content (AvgIpc) is 2.49. The van der Waals surface area contributed by atoms with Gasteiger partial charge in [-0.15, -0.1) is 0 Å². The summed E-state index contributed by atoms with van der Waals surface area (Å²) in [5, 5.41) is 3.21. The quantitative estimate of drug-likeness (QED) is 0.882. The van der Waals surface area contributed by atoms with Crippen molar-refractivity contribution in [2.45, 2.75) is 13.8 Å². The lowest BCUT2D eigenvalue weighted by Crippen LogP contribution is -2.37. The second-order valence-corrected chi connectivity index (χ2v) is 7.94. The summed E-state index contributed by atoms with van der Waals surface area (Å²) in [5.74, 6) is -0.418. The molecule has 2 aromatic rings. The zero-order chi connectivity index (χ0) is 17.9. The van der Waals surface area contributed by atoms with Crippen LogP contribution in [0.1, 0.15) is 11.1 Å². The fourth-order valence-corrected chi connectivity index (χ4v) is 3.14. The van der Waals surface area contributed by atoms with Gasteiger partial charge in [0.05, 0.1) is 11.9 Å². The summed E-state index contributed by atoms with van der Waals surface area (Å²) in [4.78, 5) is 12.3. The van der Waals surface area contributed by atoms with Gasteiger partial charge in [-0.1, -0.05) is 17.7 Å². The summed E-state index contributed by atoms with van der Waals surface area (Å²) in [5.41, 5.74) is 3.18. The zero-order valence-corrected chi connectivity index (χ0v) is 15.3. The Bertz CT molecular complexity index is 849. The molecule has 2 rings (SSSR count). The highest BCUT2D eigenvalue weighted by atomic mass is 35.5. The van der Waals surface area contributed by atoms with Crippen molar-refractivity contribution >= 4 is 38.9 Å². The maximum absolute atomic E-state index is 12.3. The molecule has 1 N–H and O–H groups in total. The van der Waals surface area contributed by atoms with E-state index in [1.807, 2.05) is 26.0 Å². The summed E-state index contributed by atoms with van der Waals surface area (Å²) in [6.07, 6.45) is 1.06. The van der Waals surface area contributed by atoms with Gasteiger partial charge in [-0.25, -0.2) is 8.42 Å². The van der Waals surface area contributed by atoms with Crippen LogP contribution in [0.2, 0.25) is 5.02 Å². The summed E-state index contributed by atoms with van der Waals surface area (Å²) in [7, 11) is -3.60. The van der Waals surface area contributed by atoms with Crippen LogP contribution < -0.4 is 9.62 Å². The van der Waals surface area contributed by atoms with Crippen LogP contribution in [0.3, 0.4) is 0 Å². The Balaban J connectivity index is 2.18. The van der Waals surface area contributed by atoms with Crippen molar-refractivity contribution in [2.75, 3.05) is 22.4 Å². The predicted molar refractivity (Wildman–Crippen MR) is 98.2 cm³/mol. The molecule has 24 heavy (non-hydrogen) atoms. The lowest BCUT2D eigenvalue weighted by Gasteiger charge is -2.22. The van der Waals surface area contributed by atoms with Crippen molar-refractivity contribution < 1.29 is 13.2 Å². The molecule has 128 valence electrons. The van der Waals surface area contributed by atoms with E-state index in [-0.39, 0.29) is 6.54 Å². The largest absolute Gasteiger partial charge is 0.325 e. The van der Waals surface area contributed by atoms with Crippen molar-refractivity contribution in [1.29, 1.82) is 0 Å². The first-order chi connectivity index (χ1) is 11.2. The standard InChI is InChI=1S/C17H19ClN2O3S/c1-12-4-7-15(10-13(12)2)19-17(21)11-20(24(3,22)23)16-8-5-14(18)6-9-16/h4-10H,11H2,1-3H3,(H,19,21). The van der Waals surface area contributed by atoms with Crippen LogP contribution in [0, 0.1) is 13.8 Å². The number of anilines is 2. The van der Waals surface area contributed by atoms with Gasteiger partial charge in [-0.05, 0) is 61.4 Å². The van der Waals surface area contributed by atoms with Crippen molar-refractivity contribution in [2.24, 2.45) is 0 Å². The van der Waals surface area contributed by atoms with Crippen LogP contribution in [0.5, 0.6) is 0 Å². The summed E-state index contributed by atoms with van der Waals surface area (Å²) in [6, 6.07) is 11.8. The first kappa shape index (κ1) is 18.3. The number of benzene rings is 2. The summed E-state index contributed by atoms with van der Waals surface area (Å²) < 4.78 is 25.1. The number of aryl methyl sites for hydroxylation is 2. The van der Waals surface area contributed by atoms with E-state index in [1.165, 1.54) is 0 Å². The molecule has 1 amide bonds. The van der Waals surface area contributed by atoms with E-state index in [1.54, 1.807) is 30.3 Å². The normalized spacial score (nSPS) is 11.2. The monoisotopic (exact) mass is 366 g/mol. The molecule has 0 fully saturated rings. The summed E-state index contributed by atoms with van der Waals surface area (Å²) >= 11 is 5.82. The number of sulfonamides is 1. The molecule has 0 aliphatic rings. The molecule has 2 aromatic carbocycles. The molecule has 0 aliphatic heterocycles. The number of amides is 1. The highest BCUT2D eigenvalue weighted by Crippen LogP contribution is 2.21. The molecule has 0 atom stereocenters. The van der Waals surface area contributed by atoms with E-state index in [9.17, 15) is 13.2 Å². The van der Waals surface area contributed by atoms with Crippen LogP contribution in [0.4, 0.5) is 11.4 Å². The van der Waals surface area contributed by atoms with Gasteiger partial charge in [0.25, 0.3) is 0 Å². The van der Waals surface area contributed by atoms with Crippen molar-refractivity contribution in [1.82, 2.24) is 0 Å². The first-order valence-corrected chi connectivity index (χ1v) is 9.50. The van der Waals surface area contributed by atoms with Crippen molar-refractivity contribution in [3.8, 4) is 0 Å². The van der Waals surface area contributed by atoms with Crippen LogP contribution in [-0.4, -0.2) is 27.1 Å². The second kappa shape index (κ2) is 7.23. The molecular weight excluding hydrogens is 348 g/mol. The van der Waals surface area contributed by atoms with Gasteiger partial charge in [0.15, 0.2) is 0 Å². The lowest BCUT2D eigenvalue weighted by molar-refractivity contribution is -0.114. The Morgan fingerprint density at radius 1 is 1.08 bits per heavy atom. The minimum absolute atomic E-state index is 0.312. The van der Waals surface area contributed by atoms with E-state index >= 15 is 0 Å². The lowest BCUT2D eigenvalue weighted by atomic mass is 10.1. The van der Waals surface area contributed by atoms with Crippen LogP contribution >= 0.6 is 11.6 Å². The number of rotatable bonds is 5. The Morgan fingerprint density at radius 3 is 2.25 bits per heavy atom. The average molecular weight is 367 g/mol. The molecule has 0 bridgehead atoms. The van der Waals surface area contributed by atoms with Crippen LogP contribution in [-0.2, 0) is 14.8 Å². The van der Waals surface area contributed by atoms with E-state index in [2.05, 4.69) is 5.32 Å². The molecule has 0 saturated carbocycles. The summed E-state index contributed by atoms with van der Waals surface area (Å²) in [6.45, 7) is 3.61. The molecule has 5 nitrogen and oxygen atoms in total. The SMILES string of the molecule is Cc1ccc(NC(=O)CN(c2ccc(Cl)cc2)S(C)(=O)=O)cc1C. The maximum atomic E-state index is 12.3. The fraction of sp³-hybridized carbons (Fsp3) is 0.235. The van der Waals surface area contributed by atoms with Crippen LogP contribution in [0.15, 0.2) is 42.5 Å². The molecule has 0 saturated heterocycles. The molecular formula is C17H19ClN2O3S. The molecule has 0 aliphatic carbocycles. The molecule has 0 unspecified atom stereocenters. The van der Waals surface area contributed by atoms with Gasteiger partial charge in [0.1, 0.15) is 6.54 Å². The number of carbonyl (C=O) groups excluding carboxylic acids is 1. The molecule has 7 heteroatoms. The third kappa shape index (κ3) is 4.72. The third-order valence-corrected chi connectivity index (χ3v) is 4.99. The Hall–Kier alpha value is -2.05. The number of halogens is 1. The number of hydrogen-bond acceptors (Lipinski definition) is 3. The number of nitrogens with zero attached hydrogens (tertiary/aromatic N) is 1. The number of hydrogen-bond donors (Lipinski definition) is 1. The topological polar surface area (TPSA) is 66.5 Å². The van der Waals surface area contributed by atoms with E-state index in [4.69, 9.17) is 11.6 Å².